The average molecular weight is 139 g/mol. The molecule has 10 heavy (non-hydrogen) atoms. The topological polar surface area (TPSA) is 3.24 Å². The molecule has 2 aliphatic heterocycles. The first-order chi connectivity index (χ1) is 4.77. The van der Waals surface area contributed by atoms with Crippen LogP contribution in [0.15, 0.2) is 0 Å². The molecular weight excluding hydrogens is 122 g/mol. The third-order valence-corrected chi connectivity index (χ3v) is 3.33. The lowest BCUT2D eigenvalue weighted by molar-refractivity contribution is 0.142. The van der Waals surface area contributed by atoms with Gasteiger partial charge in [0.05, 0.1) is 0 Å². The molecule has 2 saturated heterocycles. The van der Waals surface area contributed by atoms with Crippen molar-refractivity contribution >= 4 is 0 Å². The molecule has 2 aliphatic rings. The van der Waals surface area contributed by atoms with Crippen LogP contribution in [0.5, 0.6) is 0 Å². The first-order valence-corrected chi connectivity index (χ1v) is 4.49. The summed E-state index contributed by atoms with van der Waals surface area (Å²) in [7, 11) is 2.30. The minimum absolute atomic E-state index is 0.939. The molecule has 2 heterocycles. The maximum absolute atomic E-state index is 2.60. The summed E-state index contributed by atoms with van der Waals surface area (Å²) in [6.45, 7) is 2.40. The molecule has 0 aromatic rings. The van der Waals surface area contributed by atoms with Crippen molar-refractivity contribution in [3.8, 4) is 0 Å². The highest BCUT2D eigenvalue weighted by Crippen LogP contribution is 2.36. The number of hydrogen-bond donors (Lipinski definition) is 0. The Hall–Kier alpha value is -0.0400. The summed E-state index contributed by atoms with van der Waals surface area (Å²) in [6.07, 6.45) is 5.83. The van der Waals surface area contributed by atoms with E-state index >= 15 is 0 Å². The molecule has 58 valence electrons. The smallest absolute Gasteiger partial charge is 0.00982 e. The molecule has 0 saturated carbocycles. The highest BCUT2D eigenvalue weighted by molar-refractivity contribution is 4.91. The van der Waals surface area contributed by atoms with Gasteiger partial charge >= 0.3 is 0 Å². The lowest BCUT2D eigenvalue weighted by Crippen LogP contribution is -2.39. The number of rotatable bonds is 0. The quantitative estimate of drug-likeness (QED) is 0.495. The zero-order valence-corrected chi connectivity index (χ0v) is 7.01. The van der Waals surface area contributed by atoms with E-state index in [4.69, 9.17) is 0 Å². The molecule has 0 aromatic heterocycles. The van der Waals surface area contributed by atoms with Gasteiger partial charge in [-0.2, -0.15) is 0 Å². The minimum atomic E-state index is 0.939. The largest absolute Gasteiger partial charge is 0.300 e. The molecule has 0 aromatic carbocycles. The van der Waals surface area contributed by atoms with E-state index in [0.29, 0.717) is 0 Å². The fraction of sp³-hybridized carbons (Fsp3) is 1.00. The van der Waals surface area contributed by atoms with Gasteiger partial charge in [0.2, 0.25) is 0 Å². The minimum Gasteiger partial charge on any atom is -0.300 e. The van der Waals surface area contributed by atoms with Crippen molar-refractivity contribution in [2.45, 2.75) is 44.7 Å². The molecule has 1 heteroatoms. The van der Waals surface area contributed by atoms with Crippen molar-refractivity contribution in [1.29, 1.82) is 0 Å². The van der Waals surface area contributed by atoms with Crippen molar-refractivity contribution in [1.82, 2.24) is 4.90 Å². The summed E-state index contributed by atoms with van der Waals surface area (Å²) in [4.78, 5) is 2.60. The second kappa shape index (κ2) is 2.23. The highest BCUT2D eigenvalue weighted by atomic mass is 15.2. The third-order valence-electron chi connectivity index (χ3n) is 3.33. The molecule has 0 amide bonds. The van der Waals surface area contributed by atoms with E-state index in [2.05, 4.69) is 18.9 Å². The number of fused-ring (bicyclic) bond motifs is 2. The van der Waals surface area contributed by atoms with Crippen LogP contribution >= 0.6 is 0 Å². The van der Waals surface area contributed by atoms with Gasteiger partial charge in [-0.25, -0.2) is 0 Å². The zero-order chi connectivity index (χ0) is 7.14. The van der Waals surface area contributed by atoms with Crippen LogP contribution in [0.3, 0.4) is 0 Å². The third kappa shape index (κ3) is 0.878. The van der Waals surface area contributed by atoms with Crippen molar-refractivity contribution in [2.24, 2.45) is 5.92 Å². The second-order valence-electron chi connectivity index (χ2n) is 4.13. The molecule has 3 atom stereocenters. The van der Waals surface area contributed by atoms with Gasteiger partial charge in [-0.05, 0) is 38.6 Å². The van der Waals surface area contributed by atoms with Crippen LogP contribution in [0.4, 0.5) is 0 Å². The first-order valence-electron chi connectivity index (χ1n) is 4.49. The standard InChI is InChI=1S/C9H17N/c1-7-5-8-3-4-9(6-7)10(8)2/h7-9H,3-6H2,1-2H3/t7-,8-,9?/m1/s1. The first kappa shape index (κ1) is 6.66. The Balaban J connectivity index is 2.09. The molecular formula is C9H17N. The van der Waals surface area contributed by atoms with Crippen molar-refractivity contribution in [2.75, 3.05) is 7.05 Å². The van der Waals surface area contributed by atoms with Gasteiger partial charge < -0.3 is 4.90 Å². The molecule has 1 nitrogen and oxygen atoms in total. The SMILES string of the molecule is C[C@H]1CC2CC[C@H](C1)N2C. The summed E-state index contributed by atoms with van der Waals surface area (Å²) >= 11 is 0. The second-order valence-corrected chi connectivity index (χ2v) is 4.13. The molecule has 0 radical (unpaired) electrons. The van der Waals surface area contributed by atoms with Gasteiger partial charge in [0.25, 0.3) is 0 Å². The number of piperidine rings is 1. The monoisotopic (exact) mass is 139 g/mol. The van der Waals surface area contributed by atoms with E-state index in [1.54, 1.807) is 0 Å². The predicted molar refractivity (Wildman–Crippen MR) is 43.0 cm³/mol. The van der Waals surface area contributed by atoms with Crippen LogP contribution in [-0.2, 0) is 0 Å². The molecule has 2 bridgehead atoms. The predicted octanol–water partition coefficient (Wildman–Crippen LogP) is 1.88. The normalized spacial score (nSPS) is 48.0. The molecule has 1 unspecified atom stereocenters. The van der Waals surface area contributed by atoms with Gasteiger partial charge in [-0.3, -0.25) is 0 Å². The fourth-order valence-corrected chi connectivity index (χ4v) is 2.68. The van der Waals surface area contributed by atoms with Crippen molar-refractivity contribution < 1.29 is 0 Å². The fourth-order valence-electron chi connectivity index (χ4n) is 2.68. The van der Waals surface area contributed by atoms with Crippen LogP contribution in [0.1, 0.15) is 32.6 Å². The van der Waals surface area contributed by atoms with E-state index in [-0.39, 0.29) is 0 Å². The van der Waals surface area contributed by atoms with E-state index in [1.807, 2.05) is 0 Å². The molecule has 2 fully saturated rings. The van der Waals surface area contributed by atoms with Gasteiger partial charge in [0, 0.05) is 12.1 Å². The lowest BCUT2D eigenvalue weighted by Gasteiger charge is -2.34. The van der Waals surface area contributed by atoms with Gasteiger partial charge in [0.15, 0.2) is 0 Å². The van der Waals surface area contributed by atoms with E-state index in [9.17, 15) is 0 Å². The van der Waals surface area contributed by atoms with Crippen LogP contribution in [0.2, 0.25) is 0 Å². The maximum Gasteiger partial charge on any atom is 0.00982 e. The Bertz CT molecular complexity index is 119. The van der Waals surface area contributed by atoms with Crippen LogP contribution in [0, 0.1) is 5.92 Å². The summed E-state index contributed by atoms with van der Waals surface area (Å²) in [5.41, 5.74) is 0. The van der Waals surface area contributed by atoms with Gasteiger partial charge in [-0.15, -0.1) is 0 Å². The van der Waals surface area contributed by atoms with Crippen LogP contribution in [0.25, 0.3) is 0 Å². The van der Waals surface area contributed by atoms with E-state index in [0.717, 1.165) is 18.0 Å². The molecule has 2 rings (SSSR count). The summed E-state index contributed by atoms with van der Waals surface area (Å²) in [5.74, 6) is 0.994. The van der Waals surface area contributed by atoms with Gasteiger partial charge in [0.1, 0.15) is 0 Å². The molecule has 0 spiro atoms. The maximum atomic E-state index is 2.60. The Morgan fingerprint density at radius 3 is 2.10 bits per heavy atom. The Morgan fingerprint density at radius 2 is 1.60 bits per heavy atom. The van der Waals surface area contributed by atoms with E-state index in [1.165, 1.54) is 25.7 Å². The van der Waals surface area contributed by atoms with Crippen molar-refractivity contribution in [3.05, 3.63) is 0 Å². The van der Waals surface area contributed by atoms with Gasteiger partial charge in [-0.1, -0.05) is 6.92 Å². The van der Waals surface area contributed by atoms with Crippen LogP contribution in [-0.4, -0.2) is 24.0 Å². The summed E-state index contributed by atoms with van der Waals surface area (Å²) in [5, 5.41) is 0. The number of nitrogens with zero attached hydrogens (tertiary/aromatic N) is 1. The summed E-state index contributed by atoms with van der Waals surface area (Å²) in [6, 6.07) is 1.88. The highest BCUT2D eigenvalue weighted by Gasteiger charge is 2.36. The Labute approximate surface area is 63.4 Å². The Kier molecular flexibility index (Phi) is 1.48. The average Bonchev–Trinajstić information content (AvgIpc) is 2.20. The zero-order valence-electron chi connectivity index (χ0n) is 7.01. The number of hydrogen-bond acceptors (Lipinski definition) is 1. The van der Waals surface area contributed by atoms with E-state index < -0.39 is 0 Å². The molecule has 0 aliphatic carbocycles. The molecule has 0 N–H and O–H groups in total. The Morgan fingerprint density at radius 1 is 1.10 bits per heavy atom. The lowest BCUT2D eigenvalue weighted by atomic mass is 9.93. The van der Waals surface area contributed by atoms with Crippen LogP contribution < -0.4 is 0 Å². The summed E-state index contributed by atoms with van der Waals surface area (Å²) < 4.78 is 0. The van der Waals surface area contributed by atoms with Crippen molar-refractivity contribution in [3.63, 3.8) is 0 Å².